The van der Waals surface area contributed by atoms with Crippen molar-refractivity contribution in [3.05, 3.63) is 64.1 Å². The minimum atomic E-state index is -1.43. The van der Waals surface area contributed by atoms with E-state index in [-0.39, 0.29) is 17.7 Å². The Morgan fingerprint density at radius 2 is 1.75 bits per heavy atom. The van der Waals surface area contributed by atoms with Crippen molar-refractivity contribution in [2.24, 2.45) is 0 Å². The number of carboxylic acid groups (broad SMARTS) is 1. The van der Waals surface area contributed by atoms with Gasteiger partial charge in [0.05, 0.1) is 6.10 Å². The lowest BCUT2D eigenvalue weighted by Crippen LogP contribution is -2.47. The Bertz CT molecular complexity index is 933. The highest BCUT2D eigenvalue weighted by Gasteiger charge is 2.25. The smallest absolute Gasteiger partial charge is 0.328 e. The van der Waals surface area contributed by atoms with Gasteiger partial charge >= 0.3 is 5.97 Å². The van der Waals surface area contributed by atoms with Crippen LogP contribution in [-0.4, -0.2) is 44.7 Å². The van der Waals surface area contributed by atoms with Crippen LogP contribution >= 0.6 is 0 Å². The first kappa shape index (κ1) is 20.8. The molecule has 1 aromatic heterocycles. The van der Waals surface area contributed by atoms with Crippen LogP contribution < -0.4 is 16.2 Å². The van der Waals surface area contributed by atoms with Crippen LogP contribution in [0.4, 0.5) is 5.69 Å². The Kier molecular flexibility index (Phi) is 6.67. The molecule has 28 heavy (non-hydrogen) atoms. The fraction of sp³-hybridized carbons (Fsp3) is 0.263. The lowest BCUT2D eigenvalue weighted by Gasteiger charge is -2.17. The van der Waals surface area contributed by atoms with Crippen molar-refractivity contribution in [3.63, 3.8) is 0 Å². The second-order valence-electron chi connectivity index (χ2n) is 6.33. The largest absolute Gasteiger partial charge is 0.480 e. The number of pyridine rings is 1. The van der Waals surface area contributed by atoms with Gasteiger partial charge in [-0.1, -0.05) is 6.07 Å². The number of aryl methyl sites for hydroxylation is 1. The number of aliphatic hydroxyl groups excluding tert-OH is 1. The van der Waals surface area contributed by atoms with Gasteiger partial charge in [-0.15, -0.1) is 0 Å². The maximum absolute atomic E-state index is 12.1. The number of aliphatic carboxylic acids is 1. The molecule has 4 N–H and O–H groups in total. The number of carbonyl (C=O) groups is 3. The second kappa shape index (κ2) is 8.96. The van der Waals surface area contributed by atoms with E-state index in [0.29, 0.717) is 5.69 Å². The second-order valence-corrected chi connectivity index (χ2v) is 6.33. The zero-order chi connectivity index (χ0) is 20.8. The number of aromatic nitrogens is 1. The Morgan fingerprint density at radius 3 is 2.32 bits per heavy atom. The molecule has 0 saturated carbocycles. The summed E-state index contributed by atoms with van der Waals surface area (Å²) in [6.45, 7) is 2.92. The number of benzene rings is 1. The minimum absolute atomic E-state index is 0.155. The molecular weight excluding hydrogens is 366 g/mol. The van der Waals surface area contributed by atoms with Crippen LogP contribution in [-0.2, 0) is 16.1 Å². The van der Waals surface area contributed by atoms with Gasteiger partial charge in [-0.05, 0) is 43.7 Å². The zero-order valence-corrected chi connectivity index (χ0v) is 15.4. The molecule has 2 rings (SSSR count). The minimum Gasteiger partial charge on any atom is -0.480 e. The molecule has 0 radical (unpaired) electrons. The van der Waals surface area contributed by atoms with Crippen LogP contribution in [0.25, 0.3) is 0 Å². The first-order chi connectivity index (χ1) is 13.2. The molecule has 0 aliphatic carbocycles. The number of amides is 2. The van der Waals surface area contributed by atoms with E-state index in [1.54, 1.807) is 12.3 Å². The molecule has 2 aromatic rings. The average molecular weight is 387 g/mol. The molecule has 9 nitrogen and oxygen atoms in total. The van der Waals surface area contributed by atoms with E-state index in [1.165, 1.54) is 41.8 Å². The van der Waals surface area contributed by atoms with Crippen LogP contribution in [0.3, 0.4) is 0 Å². The third-order valence-corrected chi connectivity index (χ3v) is 3.91. The fourth-order valence-electron chi connectivity index (χ4n) is 2.45. The number of anilines is 1. The number of aliphatic hydroxyl groups is 1. The Morgan fingerprint density at radius 1 is 1.11 bits per heavy atom. The maximum Gasteiger partial charge on any atom is 0.328 e. The summed E-state index contributed by atoms with van der Waals surface area (Å²) in [7, 11) is 0. The van der Waals surface area contributed by atoms with Crippen molar-refractivity contribution in [2.75, 3.05) is 5.32 Å². The topological polar surface area (TPSA) is 138 Å². The standard InChI is InChI=1S/C19H21N3O6/c1-11-3-8-16(25)22(9-11)10-15(24)20-14-6-4-13(5-7-14)18(26)21-17(12(2)23)19(27)28/h3-9,12,17,23H,10H2,1-2H3,(H,20,24)(H,21,26)(H,27,28). The van der Waals surface area contributed by atoms with E-state index >= 15 is 0 Å². The third-order valence-electron chi connectivity index (χ3n) is 3.91. The van der Waals surface area contributed by atoms with Crippen molar-refractivity contribution in [2.45, 2.75) is 32.5 Å². The van der Waals surface area contributed by atoms with Gasteiger partial charge in [0.1, 0.15) is 6.54 Å². The molecule has 2 unspecified atom stereocenters. The molecule has 148 valence electrons. The quantitative estimate of drug-likeness (QED) is 0.541. The van der Waals surface area contributed by atoms with Crippen molar-refractivity contribution < 1.29 is 24.6 Å². The maximum atomic E-state index is 12.1. The first-order valence-electron chi connectivity index (χ1n) is 8.46. The molecule has 1 heterocycles. The average Bonchev–Trinajstić information content (AvgIpc) is 2.62. The predicted molar refractivity (Wildman–Crippen MR) is 101 cm³/mol. The molecule has 2 amide bonds. The SMILES string of the molecule is Cc1ccc(=O)n(CC(=O)Nc2ccc(C(=O)NC(C(=O)O)C(C)O)cc2)c1. The Labute approximate surface area is 160 Å². The van der Waals surface area contributed by atoms with Gasteiger partial charge in [0, 0.05) is 23.5 Å². The lowest BCUT2D eigenvalue weighted by molar-refractivity contribution is -0.141. The number of nitrogens with one attached hydrogen (secondary N) is 2. The summed E-state index contributed by atoms with van der Waals surface area (Å²) in [5, 5.41) is 23.2. The molecule has 0 aliphatic heterocycles. The summed E-state index contributed by atoms with van der Waals surface area (Å²) in [4.78, 5) is 47.0. The van der Waals surface area contributed by atoms with E-state index in [0.717, 1.165) is 5.56 Å². The molecule has 0 fully saturated rings. The molecule has 0 bridgehead atoms. The number of rotatable bonds is 7. The highest BCUT2D eigenvalue weighted by molar-refractivity contribution is 5.97. The Hall–Kier alpha value is -3.46. The molecule has 0 saturated heterocycles. The monoisotopic (exact) mass is 387 g/mol. The van der Waals surface area contributed by atoms with Gasteiger partial charge in [0.25, 0.3) is 11.5 Å². The van der Waals surface area contributed by atoms with Crippen molar-refractivity contribution in [1.82, 2.24) is 9.88 Å². The van der Waals surface area contributed by atoms with Gasteiger partial charge in [0.2, 0.25) is 5.91 Å². The van der Waals surface area contributed by atoms with Gasteiger partial charge in [-0.25, -0.2) is 4.79 Å². The number of hydrogen-bond donors (Lipinski definition) is 4. The van der Waals surface area contributed by atoms with Crippen LogP contribution in [0.1, 0.15) is 22.8 Å². The van der Waals surface area contributed by atoms with Gasteiger partial charge in [0.15, 0.2) is 6.04 Å². The summed E-state index contributed by atoms with van der Waals surface area (Å²) in [5.74, 6) is -2.43. The van der Waals surface area contributed by atoms with E-state index in [9.17, 15) is 24.3 Å². The first-order valence-corrected chi connectivity index (χ1v) is 8.46. The van der Waals surface area contributed by atoms with E-state index in [1.807, 2.05) is 6.92 Å². The van der Waals surface area contributed by atoms with Crippen LogP contribution in [0, 0.1) is 6.92 Å². The van der Waals surface area contributed by atoms with Gasteiger partial charge in [-0.3, -0.25) is 14.4 Å². The van der Waals surface area contributed by atoms with E-state index in [4.69, 9.17) is 5.11 Å². The Balaban J connectivity index is 2.01. The molecule has 0 spiro atoms. The highest BCUT2D eigenvalue weighted by atomic mass is 16.4. The molecule has 9 heteroatoms. The molecule has 1 aromatic carbocycles. The third kappa shape index (κ3) is 5.52. The van der Waals surface area contributed by atoms with Crippen molar-refractivity contribution in [1.29, 1.82) is 0 Å². The number of carbonyl (C=O) groups excluding carboxylic acids is 2. The highest BCUT2D eigenvalue weighted by Crippen LogP contribution is 2.10. The molecule has 2 atom stereocenters. The number of nitrogens with zero attached hydrogens (tertiary/aromatic N) is 1. The zero-order valence-electron chi connectivity index (χ0n) is 15.4. The van der Waals surface area contributed by atoms with Crippen LogP contribution in [0.15, 0.2) is 47.4 Å². The van der Waals surface area contributed by atoms with Crippen LogP contribution in [0.2, 0.25) is 0 Å². The van der Waals surface area contributed by atoms with Crippen LogP contribution in [0.5, 0.6) is 0 Å². The van der Waals surface area contributed by atoms with Crippen molar-refractivity contribution >= 4 is 23.5 Å². The van der Waals surface area contributed by atoms with Gasteiger partial charge < -0.3 is 25.4 Å². The summed E-state index contributed by atoms with van der Waals surface area (Å²) >= 11 is 0. The molecular formula is C19H21N3O6. The summed E-state index contributed by atoms with van der Waals surface area (Å²) in [5.41, 5.74) is 1.13. The predicted octanol–water partition coefficient (Wildman–Crippen LogP) is 0.359. The number of carboxylic acids is 1. The number of hydrogen-bond acceptors (Lipinski definition) is 5. The summed E-state index contributed by atoms with van der Waals surface area (Å²) < 4.78 is 1.29. The van der Waals surface area contributed by atoms with Gasteiger partial charge in [-0.2, -0.15) is 0 Å². The fourth-order valence-corrected chi connectivity index (χ4v) is 2.45. The van der Waals surface area contributed by atoms with E-state index in [2.05, 4.69) is 10.6 Å². The van der Waals surface area contributed by atoms with Crippen molar-refractivity contribution in [3.8, 4) is 0 Å². The molecule has 0 aliphatic rings. The van der Waals surface area contributed by atoms with E-state index < -0.39 is 29.9 Å². The summed E-state index contributed by atoms with van der Waals surface area (Å²) in [6.07, 6.45) is 0.321. The lowest BCUT2D eigenvalue weighted by atomic mass is 10.1. The normalized spacial score (nSPS) is 12.7. The summed E-state index contributed by atoms with van der Waals surface area (Å²) in [6, 6.07) is 7.38.